The Morgan fingerprint density at radius 3 is 2.87 bits per heavy atom. The van der Waals surface area contributed by atoms with Gasteiger partial charge < -0.3 is 0 Å². The molecular formula is C21H15ClN6O2S. The summed E-state index contributed by atoms with van der Waals surface area (Å²) >= 11 is 7.61. The molecule has 0 atom stereocenters. The molecule has 0 unspecified atom stereocenters. The van der Waals surface area contributed by atoms with Crippen LogP contribution in [0.3, 0.4) is 0 Å². The van der Waals surface area contributed by atoms with Gasteiger partial charge in [-0.2, -0.15) is 5.10 Å². The minimum absolute atomic E-state index is 0.166. The maximum Gasteiger partial charge on any atom is 0.269 e. The maximum atomic E-state index is 13.3. The first kappa shape index (κ1) is 19.5. The van der Waals surface area contributed by atoms with Crippen LogP contribution >= 0.6 is 23.4 Å². The molecule has 1 aromatic carbocycles. The van der Waals surface area contributed by atoms with Gasteiger partial charge in [-0.3, -0.25) is 23.7 Å². The molecule has 0 spiro atoms. The van der Waals surface area contributed by atoms with E-state index in [-0.39, 0.29) is 11.1 Å². The molecule has 8 nitrogen and oxygen atoms in total. The zero-order valence-electron chi connectivity index (χ0n) is 16.2. The van der Waals surface area contributed by atoms with Crippen molar-refractivity contribution < 1.29 is 0 Å². The number of thioether (sulfide) groups is 1. The predicted molar refractivity (Wildman–Crippen MR) is 120 cm³/mol. The number of fused-ring (bicyclic) bond motifs is 2. The highest BCUT2D eigenvalue weighted by molar-refractivity contribution is 7.98. The van der Waals surface area contributed by atoms with E-state index in [1.807, 2.05) is 19.1 Å². The Morgan fingerprint density at radius 1 is 1.13 bits per heavy atom. The molecule has 4 aromatic heterocycles. The molecule has 31 heavy (non-hydrogen) atoms. The molecular weight excluding hydrogens is 436 g/mol. The second-order valence-corrected chi connectivity index (χ2v) is 8.20. The Balaban J connectivity index is 1.62. The molecule has 0 fully saturated rings. The summed E-state index contributed by atoms with van der Waals surface area (Å²) in [4.78, 5) is 34.8. The van der Waals surface area contributed by atoms with Gasteiger partial charge in [0.2, 0.25) is 0 Å². The van der Waals surface area contributed by atoms with Crippen LogP contribution in [0.5, 0.6) is 0 Å². The zero-order valence-corrected chi connectivity index (χ0v) is 17.8. The topological polar surface area (TPSA) is 97.9 Å². The first-order valence-electron chi connectivity index (χ1n) is 9.34. The van der Waals surface area contributed by atoms with Crippen molar-refractivity contribution in [2.24, 2.45) is 0 Å². The average molecular weight is 451 g/mol. The van der Waals surface area contributed by atoms with Gasteiger partial charge in [-0.15, -0.1) is 0 Å². The highest BCUT2D eigenvalue weighted by Gasteiger charge is 2.17. The van der Waals surface area contributed by atoms with Crippen molar-refractivity contribution in [3.63, 3.8) is 0 Å². The quantitative estimate of drug-likeness (QED) is 0.333. The van der Waals surface area contributed by atoms with E-state index < -0.39 is 0 Å². The van der Waals surface area contributed by atoms with Gasteiger partial charge in [-0.05, 0) is 36.8 Å². The number of halogens is 1. The van der Waals surface area contributed by atoms with E-state index in [1.165, 1.54) is 33.0 Å². The van der Waals surface area contributed by atoms with E-state index in [0.29, 0.717) is 44.0 Å². The van der Waals surface area contributed by atoms with Crippen LogP contribution in [0.15, 0.2) is 69.6 Å². The molecule has 5 rings (SSSR count). The summed E-state index contributed by atoms with van der Waals surface area (Å²) in [6, 6.07) is 12.2. The van der Waals surface area contributed by atoms with Crippen molar-refractivity contribution in [1.29, 1.82) is 0 Å². The molecule has 4 heterocycles. The Bertz CT molecular complexity index is 1570. The highest BCUT2D eigenvalue weighted by atomic mass is 35.5. The fraction of sp³-hybridized carbons (Fsp3) is 0.0952. The van der Waals surface area contributed by atoms with E-state index in [1.54, 1.807) is 30.5 Å². The van der Waals surface area contributed by atoms with Gasteiger partial charge in [0.05, 0.1) is 17.6 Å². The van der Waals surface area contributed by atoms with E-state index in [0.717, 1.165) is 5.56 Å². The normalized spacial score (nSPS) is 11.4. The van der Waals surface area contributed by atoms with Crippen molar-refractivity contribution in [1.82, 2.24) is 29.1 Å². The van der Waals surface area contributed by atoms with E-state index in [9.17, 15) is 9.59 Å². The molecule has 5 aromatic rings. The van der Waals surface area contributed by atoms with E-state index in [2.05, 4.69) is 20.2 Å². The fourth-order valence-corrected chi connectivity index (χ4v) is 4.40. The van der Waals surface area contributed by atoms with Crippen LogP contribution in [0.2, 0.25) is 5.02 Å². The van der Waals surface area contributed by atoms with Crippen LogP contribution in [0, 0.1) is 6.92 Å². The number of benzene rings is 1. The molecule has 0 aliphatic heterocycles. The van der Waals surface area contributed by atoms with Crippen LogP contribution < -0.4 is 11.1 Å². The maximum absolute atomic E-state index is 13.3. The number of nitrogens with one attached hydrogen (secondary N) is 1. The first-order valence-corrected chi connectivity index (χ1v) is 10.7. The number of hydrogen-bond acceptors (Lipinski definition) is 6. The van der Waals surface area contributed by atoms with Gasteiger partial charge in [-0.1, -0.05) is 35.5 Å². The molecule has 0 bridgehead atoms. The lowest BCUT2D eigenvalue weighted by atomic mass is 10.2. The summed E-state index contributed by atoms with van der Waals surface area (Å²) in [5.41, 5.74) is 2.54. The van der Waals surface area contributed by atoms with E-state index >= 15 is 0 Å². The molecule has 10 heteroatoms. The monoisotopic (exact) mass is 450 g/mol. The minimum Gasteiger partial charge on any atom is -0.269 e. The first-order chi connectivity index (χ1) is 15.0. The minimum atomic E-state index is -0.252. The van der Waals surface area contributed by atoms with Gasteiger partial charge in [0, 0.05) is 23.0 Å². The zero-order chi connectivity index (χ0) is 21.5. The number of H-pyrrole nitrogens is 1. The fourth-order valence-electron chi connectivity index (χ4n) is 3.34. The molecule has 0 radical (unpaired) electrons. The Kier molecular flexibility index (Phi) is 4.84. The second kappa shape index (κ2) is 7.68. The van der Waals surface area contributed by atoms with Crippen molar-refractivity contribution in [3.8, 4) is 5.69 Å². The summed E-state index contributed by atoms with van der Waals surface area (Å²) in [7, 11) is 0. The third-order valence-corrected chi connectivity index (χ3v) is 6.29. The molecule has 0 saturated heterocycles. The molecule has 0 saturated carbocycles. The van der Waals surface area contributed by atoms with Crippen LogP contribution in [0.4, 0.5) is 0 Å². The summed E-state index contributed by atoms with van der Waals surface area (Å²) in [6.07, 6.45) is 3.14. The lowest BCUT2D eigenvalue weighted by molar-refractivity contribution is 0.810. The number of pyridine rings is 1. The molecule has 0 amide bonds. The SMILES string of the molecule is Cc1c(Cl)cccc1-n1c(SCc2cc(=O)n3ccccc3n2)nc2[nH]ncc2c1=O. The van der Waals surface area contributed by atoms with Gasteiger partial charge >= 0.3 is 0 Å². The smallest absolute Gasteiger partial charge is 0.269 e. The van der Waals surface area contributed by atoms with E-state index in [4.69, 9.17) is 11.6 Å². The van der Waals surface area contributed by atoms with Crippen molar-refractivity contribution in [2.75, 3.05) is 0 Å². The average Bonchev–Trinajstić information content (AvgIpc) is 3.24. The standard InChI is InChI=1S/C21H15ClN6O2S/c1-12-15(22)5-4-6-16(12)28-20(30)14-10-23-26-19(14)25-21(28)31-11-13-9-18(29)27-8-3-2-7-17(27)24-13/h2-10H,11H2,1H3,(H,23,26). The molecule has 1 N–H and O–H groups in total. The molecule has 0 aliphatic rings. The van der Waals surface area contributed by atoms with Crippen molar-refractivity contribution in [2.45, 2.75) is 17.8 Å². The third-order valence-electron chi connectivity index (χ3n) is 4.90. The summed E-state index contributed by atoms with van der Waals surface area (Å²) in [6.45, 7) is 1.85. The number of rotatable bonds is 4. The number of aromatic amines is 1. The molecule has 154 valence electrons. The van der Waals surface area contributed by atoms with Gasteiger partial charge in [0.15, 0.2) is 10.8 Å². The predicted octanol–water partition coefficient (Wildman–Crippen LogP) is 3.37. The lowest BCUT2D eigenvalue weighted by Gasteiger charge is -2.14. The number of aromatic nitrogens is 6. The Morgan fingerprint density at radius 2 is 2.00 bits per heavy atom. The van der Waals surface area contributed by atoms with Crippen LogP contribution in [-0.2, 0) is 5.75 Å². The molecule has 0 aliphatic carbocycles. The second-order valence-electron chi connectivity index (χ2n) is 6.85. The van der Waals surface area contributed by atoms with Crippen LogP contribution in [0.25, 0.3) is 22.4 Å². The van der Waals surface area contributed by atoms with Gasteiger partial charge in [0.1, 0.15) is 11.0 Å². The summed E-state index contributed by atoms with van der Waals surface area (Å²) in [5.74, 6) is 0.354. The highest BCUT2D eigenvalue weighted by Crippen LogP contribution is 2.27. The largest absolute Gasteiger partial charge is 0.269 e. The van der Waals surface area contributed by atoms with Gasteiger partial charge in [-0.25, -0.2) is 9.97 Å². The third kappa shape index (κ3) is 3.41. The Hall–Kier alpha value is -3.43. The number of hydrogen-bond donors (Lipinski definition) is 1. The van der Waals surface area contributed by atoms with Crippen molar-refractivity contribution in [3.05, 3.63) is 91.8 Å². The summed E-state index contributed by atoms with van der Waals surface area (Å²) < 4.78 is 3.01. The summed E-state index contributed by atoms with van der Waals surface area (Å²) in [5, 5.41) is 8.08. The lowest BCUT2D eigenvalue weighted by Crippen LogP contribution is -2.22. The number of nitrogens with zero attached hydrogens (tertiary/aromatic N) is 5. The van der Waals surface area contributed by atoms with Gasteiger partial charge in [0.25, 0.3) is 11.1 Å². The van der Waals surface area contributed by atoms with Crippen LogP contribution in [-0.4, -0.2) is 29.1 Å². The van der Waals surface area contributed by atoms with Crippen LogP contribution in [0.1, 0.15) is 11.3 Å². The Labute approximate surface area is 184 Å². The van der Waals surface area contributed by atoms with Crippen molar-refractivity contribution >= 4 is 40.0 Å².